The van der Waals surface area contributed by atoms with Crippen LogP contribution in [0.3, 0.4) is 0 Å². The van der Waals surface area contributed by atoms with E-state index in [-0.39, 0.29) is 19.0 Å². The summed E-state index contributed by atoms with van der Waals surface area (Å²) in [5.74, 6) is 0.125. The molecule has 0 fully saturated rings. The van der Waals surface area contributed by atoms with Gasteiger partial charge in [-0.05, 0) is 23.5 Å². The van der Waals surface area contributed by atoms with Crippen LogP contribution in [-0.4, -0.2) is 18.0 Å². The molecule has 1 heterocycles. The van der Waals surface area contributed by atoms with E-state index >= 15 is 0 Å². The van der Waals surface area contributed by atoms with Gasteiger partial charge >= 0.3 is 6.92 Å². The summed E-state index contributed by atoms with van der Waals surface area (Å²) >= 11 is 1.47. The van der Waals surface area contributed by atoms with Crippen LogP contribution in [0.1, 0.15) is 25.0 Å². The molecule has 1 aliphatic heterocycles. The smallest absolute Gasteiger partial charge is 0.325 e. The summed E-state index contributed by atoms with van der Waals surface area (Å²) in [6, 6.07) is 6.23. The van der Waals surface area contributed by atoms with Crippen molar-refractivity contribution >= 4 is 24.1 Å². The number of aliphatic hydroxyl groups excluding tert-OH is 1. The van der Waals surface area contributed by atoms with Crippen LogP contribution in [0, 0.1) is 0 Å². The molecule has 0 radical (unpaired) electrons. The number of rotatable bonds is 3. The van der Waals surface area contributed by atoms with Gasteiger partial charge in [-0.25, -0.2) is 0 Å². The molecule has 0 aromatic heterocycles. The van der Waals surface area contributed by atoms with Crippen LogP contribution in [0.15, 0.2) is 23.1 Å². The fourth-order valence-electron chi connectivity index (χ4n) is 2.18. The van der Waals surface area contributed by atoms with Crippen molar-refractivity contribution in [3.63, 3.8) is 0 Å². The van der Waals surface area contributed by atoms with Gasteiger partial charge in [0.1, 0.15) is 0 Å². The third-order valence-electron chi connectivity index (χ3n) is 2.81. The van der Waals surface area contributed by atoms with E-state index in [1.807, 2.05) is 6.07 Å². The first-order chi connectivity index (χ1) is 7.27. The highest BCUT2D eigenvalue weighted by Crippen LogP contribution is 2.30. The van der Waals surface area contributed by atoms with Crippen molar-refractivity contribution in [1.82, 2.24) is 0 Å². The van der Waals surface area contributed by atoms with Gasteiger partial charge in [-0.3, -0.25) is 0 Å². The summed E-state index contributed by atoms with van der Waals surface area (Å²) in [7, 11) is 0. The van der Waals surface area contributed by atoms with Gasteiger partial charge < -0.3 is 9.76 Å². The number of hydrogen-bond acceptors (Lipinski definition) is 3. The Balaban J connectivity index is 2.42. The molecule has 0 bridgehead atoms. The summed E-state index contributed by atoms with van der Waals surface area (Å²) in [6.07, 6.45) is 1.24. The van der Waals surface area contributed by atoms with E-state index in [9.17, 15) is 0 Å². The molecule has 80 valence electrons. The van der Waals surface area contributed by atoms with E-state index in [1.54, 1.807) is 0 Å². The normalized spacial score (nSPS) is 19.4. The highest BCUT2D eigenvalue weighted by molar-refractivity contribution is 7.99. The number of benzene rings is 1. The Bertz CT molecular complexity index is 356. The van der Waals surface area contributed by atoms with E-state index in [1.165, 1.54) is 22.8 Å². The van der Waals surface area contributed by atoms with Gasteiger partial charge in [0.15, 0.2) is 0 Å². The minimum atomic E-state index is 0.125. The molecule has 1 atom stereocenters. The van der Waals surface area contributed by atoms with Crippen LogP contribution in [0.2, 0.25) is 6.82 Å². The molecule has 1 aromatic carbocycles. The van der Waals surface area contributed by atoms with Gasteiger partial charge in [-0.15, -0.1) is 0 Å². The lowest BCUT2D eigenvalue weighted by Gasteiger charge is -2.09. The van der Waals surface area contributed by atoms with E-state index in [0.29, 0.717) is 0 Å². The van der Waals surface area contributed by atoms with Crippen LogP contribution in [0.5, 0.6) is 0 Å². The van der Waals surface area contributed by atoms with E-state index in [2.05, 4.69) is 25.9 Å². The second-order valence-corrected chi connectivity index (χ2v) is 4.69. The summed E-state index contributed by atoms with van der Waals surface area (Å²) < 4.78 is 5.87. The molecule has 0 aliphatic carbocycles. The van der Waals surface area contributed by atoms with Crippen molar-refractivity contribution in [1.29, 1.82) is 0 Å². The molecule has 1 aliphatic rings. The monoisotopic (exact) mass is 222 g/mol. The van der Waals surface area contributed by atoms with Crippen LogP contribution < -0.4 is 5.46 Å². The van der Waals surface area contributed by atoms with Crippen molar-refractivity contribution < 1.29 is 9.76 Å². The van der Waals surface area contributed by atoms with Gasteiger partial charge in [0.25, 0.3) is 0 Å². The lowest BCUT2D eigenvalue weighted by Crippen LogP contribution is -2.26. The second-order valence-electron chi connectivity index (χ2n) is 3.71. The first-order valence-corrected chi connectivity index (χ1v) is 6.28. The lowest BCUT2D eigenvalue weighted by molar-refractivity contribution is 0.221. The van der Waals surface area contributed by atoms with Crippen LogP contribution >= 0.6 is 11.8 Å². The summed E-state index contributed by atoms with van der Waals surface area (Å²) in [6.45, 7) is 4.37. The highest BCUT2D eigenvalue weighted by atomic mass is 32.2. The maximum absolute atomic E-state index is 8.98. The third-order valence-corrected chi connectivity index (χ3v) is 3.61. The minimum absolute atomic E-state index is 0.125. The Labute approximate surface area is 95.1 Å². The molecule has 0 saturated carbocycles. The SMILES string of the molecule is CCC1OB(C)c2c(SCO)cccc21. The number of aliphatic hydroxyl groups is 1. The third kappa shape index (κ3) is 1.94. The molecule has 2 nitrogen and oxygen atoms in total. The molecule has 1 unspecified atom stereocenters. The molecule has 1 aromatic rings. The van der Waals surface area contributed by atoms with Gasteiger partial charge in [0.05, 0.1) is 12.0 Å². The minimum Gasteiger partial charge on any atom is -0.424 e. The molecule has 0 spiro atoms. The molecule has 0 saturated heterocycles. The molecule has 2 rings (SSSR count). The maximum Gasteiger partial charge on any atom is 0.325 e. The van der Waals surface area contributed by atoms with E-state index in [4.69, 9.17) is 9.76 Å². The van der Waals surface area contributed by atoms with Gasteiger partial charge in [-0.2, -0.15) is 0 Å². The van der Waals surface area contributed by atoms with E-state index < -0.39 is 0 Å². The molecular formula is C11H15BO2S. The Hall–Kier alpha value is -0.445. The van der Waals surface area contributed by atoms with Gasteiger partial charge in [0.2, 0.25) is 0 Å². The fourth-order valence-corrected chi connectivity index (χ4v) is 2.93. The molecule has 15 heavy (non-hydrogen) atoms. The Morgan fingerprint density at radius 3 is 3.00 bits per heavy atom. The summed E-state index contributed by atoms with van der Waals surface area (Å²) in [4.78, 5) is 1.15. The average molecular weight is 222 g/mol. The Morgan fingerprint density at radius 2 is 2.33 bits per heavy atom. The zero-order valence-corrected chi connectivity index (χ0v) is 9.88. The maximum atomic E-state index is 8.98. The predicted octanol–water partition coefficient (Wildman–Crippen LogP) is 2.04. The Kier molecular flexibility index (Phi) is 3.39. The number of fused-ring (bicyclic) bond motifs is 1. The van der Waals surface area contributed by atoms with Crippen molar-refractivity contribution in [2.45, 2.75) is 31.2 Å². The van der Waals surface area contributed by atoms with E-state index in [0.717, 1.165) is 11.3 Å². The molecule has 1 N–H and O–H groups in total. The molecule has 0 amide bonds. The molecular weight excluding hydrogens is 207 g/mol. The molecule has 4 heteroatoms. The second kappa shape index (κ2) is 4.60. The van der Waals surface area contributed by atoms with Gasteiger partial charge in [0, 0.05) is 4.90 Å². The zero-order chi connectivity index (χ0) is 10.8. The standard InChI is InChI=1S/C11H15BO2S/c1-3-9-8-5-4-6-10(15-7-13)11(8)12(2)14-9/h4-6,9,13H,3,7H2,1-2H3. The van der Waals surface area contributed by atoms with Crippen LogP contribution in [0.25, 0.3) is 0 Å². The first-order valence-electron chi connectivity index (χ1n) is 5.29. The lowest BCUT2D eigenvalue weighted by atomic mass is 9.64. The fraction of sp³-hybridized carbons (Fsp3) is 0.455. The average Bonchev–Trinajstić information content (AvgIpc) is 2.57. The summed E-state index contributed by atoms with van der Waals surface area (Å²) in [5.41, 5.74) is 2.56. The quantitative estimate of drug-likeness (QED) is 0.482. The summed E-state index contributed by atoms with van der Waals surface area (Å²) in [5, 5.41) is 8.98. The zero-order valence-electron chi connectivity index (χ0n) is 9.06. The van der Waals surface area contributed by atoms with Gasteiger partial charge in [-0.1, -0.05) is 37.6 Å². The topological polar surface area (TPSA) is 29.5 Å². The predicted molar refractivity (Wildman–Crippen MR) is 64.8 cm³/mol. The van der Waals surface area contributed by atoms with Crippen molar-refractivity contribution in [2.24, 2.45) is 0 Å². The van der Waals surface area contributed by atoms with Crippen LogP contribution in [-0.2, 0) is 4.65 Å². The number of hydrogen-bond donors (Lipinski definition) is 1. The van der Waals surface area contributed by atoms with Crippen molar-refractivity contribution in [2.75, 3.05) is 5.94 Å². The highest BCUT2D eigenvalue weighted by Gasteiger charge is 2.32. The van der Waals surface area contributed by atoms with Crippen molar-refractivity contribution in [3.8, 4) is 0 Å². The van der Waals surface area contributed by atoms with Crippen molar-refractivity contribution in [3.05, 3.63) is 23.8 Å². The number of thioether (sulfide) groups is 1. The van der Waals surface area contributed by atoms with Crippen LogP contribution in [0.4, 0.5) is 0 Å². The first kappa shape index (κ1) is 11.1. The largest absolute Gasteiger partial charge is 0.424 e. The Morgan fingerprint density at radius 1 is 1.53 bits per heavy atom.